The predicted molar refractivity (Wildman–Crippen MR) is 112 cm³/mol. The Labute approximate surface area is 165 Å². The standard InChI is InChI=1S/C21H17N3O3S/c1-2-27-18-10-6-5-9-17(18)23-13-16-14-7-3-4-8-15(14)19(25)24(20(16)26)21-22-11-12-28-21/h3-13,26H,2H2,1H3. The molecule has 4 aromatic rings. The number of fused-ring (bicyclic) bond motifs is 1. The van der Waals surface area contributed by atoms with Crippen molar-refractivity contribution in [3.63, 3.8) is 0 Å². The zero-order chi connectivity index (χ0) is 19.5. The average Bonchev–Trinajstić information content (AvgIpc) is 3.24. The first-order valence-electron chi connectivity index (χ1n) is 8.73. The van der Waals surface area contributed by atoms with Crippen LogP contribution in [-0.2, 0) is 0 Å². The maximum atomic E-state index is 12.9. The molecule has 0 saturated carbocycles. The summed E-state index contributed by atoms with van der Waals surface area (Å²) in [7, 11) is 0. The molecule has 0 fully saturated rings. The average molecular weight is 391 g/mol. The third-order valence-electron chi connectivity index (χ3n) is 4.21. The van der Waals surface area contributed by atoms with Gasteiger partial charge in [-0.15, -0.1) is 11.3 Å². The van der Waals surface area contributed by atoms with Gasteiger partial charge in [-0.05, 0) is 25.1 Å². The van der Waals surface area contributed by atoms with Gasteiger partial charge in [-0.25, -0.2) is 9.55 Å². The van der Waals surface area contributed by atoms with E-state index in [1.165, 1.54) is 15.9 Å². The van der Waals surface area contributed by atoms with Crippen molar-refractivity contribution in [3.05, 3.63) is 76.0 Å². The Morgan fingerprint density at radius 3 is 2.68 bits per heavy atom. The van der Waals surface area contributed by atoms with Crippen molar-refractivity contribution in [1.29, 1.82) is 0 Å². The fourth-order valence-electron chi connectivity index (χ4n) is 2.97. The third-order valence-corrected chi connectivity index (χ3v) is 4.97. The number of rotatable bonds is 5. The number of pyridine rings is 1. The van der Waals surface area contributed by atoms with Crippen LogP contribution in [0.5, 0.6) is 11.6 Å². The molecule has 28 heavy (non-hydrogen) atoms. The van der Waals surface area contributed by atoms with Crippen molar-refractivity contribution in [3.8, 4) is 16.8 Å². The zero-order valence-electron chi connectivity index (χ0n) is 15.1. The highest BCUT2D eigenvalue weighted by atomic mass is 32.1. The summed E-state index contributed by atoms with van der Waals surface area (Å²) in [5.41, 5.74) is 0.756. The summed E-state index contributed by atoms with van der Waals surface area (Å²) in [6, 6.07) is 14.5. The first kappa shape index (κ1) is 17.9. The first-order chi connectivity index (χ1) is 13.7. The monoisotopic (exact) mass is 391 g/mol. The molecule has 1 N–H and O–H groups in total. The summed E-state index contributed by atoms with van der Waals surface area (Å²) < 4.78 is 6.82. The van der Waals surface area contributed by atoms with E-state index >= 15 is 0 Å². The van der Waals surface area contributed by atoms with Crippen LogP contribution in [0.25, 0.3) is 15.9 Å². The summed E-state index contributed by atoms with van der Waals surface area (Å²) in [6.07, 6.45) is 3.15. The van der Waals surface area contributed by atoms with E-state index in [1.54, 1.807) is 36.0 Å². The SMILES string of the molecule is CCOc1ccccc1N=Cc1c(O)n(-c2nccs2)c(=O)c2ccccc12. The maximum Gasteiger partial charge on any atom is 0.267 e. The van der Waals surface area contributed by atoms with Crippen molar-refractivity contribution in [2.45, 2.75) is 6.92 Å². The van der Waals surface area contributed by atoms with Crippen LogP contribution in [-0.4, -0.2) is 27.5 Å². The number of aliphatic imine (C=N–C) groups is 1. The van der Waals surface area contributed by atoms with E-state index in [-0.39, 0.29) is 11.4 Å². The lowest BCUT2D eigenvalue weighted by atomic mass is 10.1. The van der Waals surface area contributed by atoms with Gasteiger partial charge in [0.1, 0.15) is 11.4 Å². The van der Waals surface area contributed by atoms with Crippen molar-refractivity contribution in [2.24, 2.45) is 4.99 Å². The molecule has 0 aliphatic carbocycles. The summed E-state index contributed by atoms with van der Waals surface area (Å²) in [5, 5.41) is 14.2. The number of benzene rings is 2. The molecule has 2 aromatic heterocycles. The molecule has 6 nitrogen and oxygen atoms in total. The number of nitrogens with zero attached hydrogens (tertiary/aromatic N) is 3. The van der Waals surface area contributed by atoms with Gasteiger partial charge in [-0.2, -0.15) is 0 Å². The largest absolute Gasteiger partial charge is 0.494 e. The van der Waals surface area contributed by atoms with Crippen LogP contribution in [0, 0.1) is 0 Å². The molecule has 4 rings (SSSR count). The highest BCUT2D eigenvalue weighted by Gasteiger charge is 2.17. The van der Waals surface area contributed by atoms with E-state index < -0.39 is 0 Å². The number of hydrogen-bond donors (Lipinski definition) is 1. The second kappa shape index (κ2) is 7.66. The van der Waals surface area contributed by atoms with E-state index in [2.05, 4.69) is 9.98 Å². The van der Waals surface area contributed by atoms with Crippen LogP contribution in [0.4, 0.5) is 5.69 Å². The van der Waals surface area contributed by atoms with E-state index in [0.29, 0.717) is 39.5 Å². The fraction of sp³-hybridized carbons (Fsp3) is 0.0952. The van der Waals surface area contributed by atoms with E-state index in [0.717, 1.165) is 0 Å². The minimum absolute atomic E-state index is 0.198. The lowest BCUT2D eigenvalue weighted by Gasteiger charge is -2.11. The van der Waals surface area contributed by atoms with Crippen LogP contribution in [0.2, 0.25) is 0 Å². The van der Waals surface area contributed by atoms with Gasteiger partial charge in [0.15, 0.2) is 5.13 Å². The van der Waals surface area contributed by atoms with Crippen LogP contribution >= 0.6 is 11.3 Å². The fourth-order valence-corrected chi connectivity index (χ4v) is 3.61. The van der Waals surface area contributed by atoms with Gasteiger partial charge in [0.2, 0.25) is 5.88 Å². The minimum Gasteiger partial charge on any atom is -0.494 e. The zero-order valence-corrected chi connectivity index (χ0v) is 15.9. The molecule has 140 valence electrons. The van der Waals surface area contributed by atoms with Crippen molar-refractivity contribution in [1.82, 2.24) is 9.55 Å². The Kier molecular flexibility index (Phi) is 4.90. The van der Waals surface area contributed by atoms with E-state index in [9.17, 15) is 9.90 Å². The molecule has 0 saturated heterocycles. The number of aromatic hydroxyl groups is 1. The molecule has 0 aliphatic heterocycles. The van der Waals surface area contributed by atoms with Crippen LogP contribution in [0.1, 0.15) is 12.5 Å². The minimum atomic E-state index is -0.324. The molecule has 2 heterocycles. The second-order valence-electron chi connectivity index (χ2n) is 5.90. The highest BCUT2D eigenvalue weighted by molar-refractivity contribution is 7.12. The Morgan fingerprint density at radius 2 is 1.93 bits per heavy atom. The van der Waals surface area contributed by atoms with E-state index in [4.69, 9.17) is 4.74 Å². The summed E-state index contributed by atoms with van der Waals surface area (Å²) >= 11 is 1.27. The number of ether oxygens (including phenoxy) is 1. The Bertz CT molecular complexity index is 1210. The number of aromatic nitrogens is 2. The molecule has 0 atom stereocenters. The Balaban J connectivity index is 1.94. The molecule has 2 aromatic carbocycles. The molecule has 0 radical (unpaired) electrons. The molecule has 0 amide bonds. The lowest BCUT2D eigenvalue weighted by molar-refractivity contribution is 0.341. The molecular formula is C21H17N3O3S. The molecule has 0 bridgehead atoms. The van der Waals surface area contributed by atoms with Gasteiger partial charge < -0.3 is 9.84 Å². The first-order valence-corrected chi connectivity index (χ1v) is 9.61. The topological polar surface area (TPSA) is 76.7 Å². The molecular weight excluding hydrogens is 374 g/mol. The second-order valence-corrected chi connectivity index (χ2v) is 6.77. The van der Waals surface area contributed by atoms with Gasteiger partial charge in [-0.1, -0.05) is 30.3 Å². The van der Waals surface area contributed by atoms with Crippen LogP contribution in [0.3, 0.4) is 0 Å². The van der Waals surface area contributed by atoms with Crippen molar-refractivity contribution < 1.29 is 9.84 Å². The van der Waals surface area contributed by atoms with Crippen molar-refractivity contribution >= 4 is 34.0 Å². The molecule has 0 unspecified atom stereocenters. The number of hydrogen-bond acceptors (Lipinski definition) is 6. The van der Waals surface area contributed by atoms with Gasteiger partial charge in [-0.3, -0.25) is 9.79 Å². The third kappa shape index (κ3) is 3.16. The van der Waals surface area contributed by atoms with Crippen molar-refractivity contribution in [2.75, 3.05) is 6.61 Å². The van der Waals surface area contributed by atoms with Gasteiger partial charge >= 0.3 is 0 Å². The Hall–Kier alpha value is -3.45. The smallest absolute Gasteiger partial charge is 0.267 e. The quantitative estimate of drug-likeness (QED) is 0.515. The van der Waals surface area contributed by atoms with Gasteiger partial charge in [0.25, 0.3) is 5.56 Å². The highest BCUT2D eigenvalue weighted by Crippen LogP contribution is 2.30. The predicted octanol–water partition coefficient (Wildman–Crippen LogP) is 4.30. The summed E-state index contributed by atoms with van der Waals surface area (Å²) in [4.78, 5) is 21.6. The molecule has 0 aliphatic rings. The summed E-state index contributed by atoms with van der Waals surface area (Å²) in [6.45, 7) is 2.43. The normalized spacial score (nSPS) is 11.3. The maximum absolute atomic E-state index is 12.9. The molecule has 0 spiro atoms. The molecule has 7 heteroatoms. The van der Waals surface area contributed by atoms with Gasteiger partial charge in [0, 0.05) is 28.6 Å². The summed E-state index contributed by atoms with van der Waals surface area (Å²) in [5.74, 6) is 0.453. The lowest BCUT2D eigenvalue weighted by Crippen LogP contribution is -2.19. The number of thiazole rings is 1. The van der Waals surface area contributed by atoms with Crippen LogP contribution < -0.4 is 10.3 Å². The Morgan fingerprint density at radius 1 is 1.18 bits per heavy atom. The van der Waals surface area contributed by atoms with Gasteiger partial charge in [0.05, 0.1) is 12.2 Å². The van der Waals surface area contributed by atoms with E-state index in [1.807, 2.05) is 37.3 Å². The van der Waals surface area contributed by atoms with Crippen LogP contribution in [0.15, 0.2) is 69.9 Å². The number of para-hydroxylation sites is 2.